The Morgan fingerprint density at radius 3 is 1.92 bits per heavy atom. The van der Waals surface area contributed by atoms with E-state index in [-0.39, 0.29) is 0 Å². The molecule has 3 heteroatoms. The van der Waals surface area contributed by atoms with Crippen molar-refractivity contribution in [2.75, 3.05) is 13.1 Å². The van der Waals surface area contributed by atoms with E-state index in [0.29, 0.717) is 0 Å². The van der Waals surface area contributed by atoms with Crippen molar-refractivity contribution >= 4 is 22.8 Å². The summed E-state index contributed by atoms with van der Waals surface area (Å²) in [5, 5.41) is 13.7. The lowest BCUT2D eigenvalue weighted by molar-refractivity contribution is 0.449. The van der Waals surface area contributed by atoms with E-state index < -0.39 is 6.89 Å². The number of nitriles is 1. The molecular formula is C22H21N2P. The normalized spacial score (nSPS) is 18.8. The Bertz CT molecular complexity index is 868. The van der Waals surface area contributed by atoms with Gasteiger partial charge in [0.15, 0.2) is 0 Å². The molecule has 0 spiro atoms. The molecule has 2 nitrogen and oxygen atoms in total. The lowest BCUT2D eigenvalue weighted by atomic mass is 10.2. The first-order chi connectivity index (χ1) is 12.4. The van der Waals surface area contributed by atoms with Crippen LogP contribution in [0.3, 0.4) is 0 Å². The maximum absolute atomic E-state index is 10.2. The molecule has 2 heterocycles. The summed E-state index contributed by atoms with van der Waals surface area (Å²) >= 11 is 0. The monoisotopic (exact) mass is 344 g/mol. The smallest absolute Gasteiger partial charge is 0.102 e. The molecule has 1 fully saturated rings. The first-order valence-electron chi connectivity index (χ1n) is 8.79. The van der Waals surface area contributed by atoms with E-state index in [2.05, 4.69) is 77.5 Å². The Morgan fingerprint density at radius 1 is 0.840 bits per heavy atom. The lowest BCUT2D eigenvalue weighted by Gasteiger charge is -2.32. The number of benzene rings is 2. The highest BCUT2D eigenvalue weighted by atomic mass is 31.2. The highest BCUT2D eigenvalue weighted by molar-refractivity contribution is 7.92. The molecule has 0 saturated carbocycles. The van der Waals surface area contributed by atoms with Crippen LogP contribution in [-0.4, -0.2) is 23.3 Å². The van der Waals surface area contributed by atoms with Crippen LogP contribution < -0.4 is 10.6 Å². The highest BCUT2D eigenvalue weighted by Gasteiger charge is 2.31. The van der Waals surface area contributed by atoms with Crippen LogP contribution in [0, 0.1) is 11.3 Å². The summed E-state index contributed by atoms with van der Waals surface area (Å²) in [5.41, 5.74) is 1.13. The van der Waals surface area contributed by atoms with Gasteiger partial charge in [0.2, 0.25) is 0 Å². The number of nitrogens with zero attached hydrogens (tertiary/aromatic N) is 2. The van der Waals surface area contributed by atoms with Crippen molar-refractivity contribution in [1.82, 2.24) is 4.90 Å². The minimum Gasteiger partial charge on any atom is -0.370 e. The molecule has 2 aromatic carbocycles. The zero-order chi connectivity index (χ0) is 17.1. The van der Waals surface area contributed by atoms with Gasteiger partial charge in [-0.1, -0.05) is 72.6 Å². The standard InChI is InChI=1S/C22H21N2P/c23-18-22-21(24-15-7-8-16-24)14-9-17-25(22,19-10-3-1-4-11-19)20-12-5-2-6-13-20/h1-6,9-14,17H,7-8,15-16H2. The number of hydrogen-bond donors (Lipinski definition) is 0. The van der Waals surface area contributed by atoms with E-state index in [1.807, 2.05) is 12.1 Å². The van der Waals surface area contributed by atoms with E-state index in [1.54, 1.807) is 0 Å². The number of hydrogen-bond acceptors (Lipinski definition) is 2. The third kappa shape index (κ3) is 2.66. The molecule has 2 aliphatic rings. The molecule has 2 aromatic rings. The quantitative estimate of drug-likeness (QED) is 0.791. The maximum atomic E-state index is 10.2. The molecule has 4 rings (SSSR count). The van der Waals surface area contributed by atoms with Crippen molar-refractivity contribution in [3.8, 4) is 6.07 Å². The van der Waals surface area contributed by atoms with Gasteiger partial charge in [-0.15, -0.1) is 0 Å². The number of allylic oxidation sites excluding steroid dienone is 3. The second-order valence-corrected chi connectivity index (χ2v) is 9.67. The van der Waals surface area contributed by atoms with Gasteiger partial charge in [0, 0.05) is 13.1 Å². The minimum atomic E-state index is -2.05. The van der Waals surface area contributed by atoms with Crippen LogP contribution in [0.1, 0.15) is 12.8 Å². The molecular weight excluding hydrogens is 323 g/mol. The van der Waals surface area contributed by atoms with Crippen LogP contribution in [0.25, 0.3) is 0 Å². The van der Waals surface area contributed by atoms with Crippen molar-refractivity contribution in [2.24, 2.45) is 0 Å². The number of rotatable bonds is 3. The van der Waals surface area contributed by atoms with Crippen LogP contribution in [0.4, 0.5) is 0 Å². The summed E-state index contributed by atoms with van der Waals surface area (Å²) in [4.78, 5) is 2.39. The van der Waals surface area contributed by atoms with Crippen LogP contribution in [0.15, 0.2) is 84.3 Å². The zero-order valence-corrected chi connectivity index (χ0v) is 15.1. The van der Waals surface area contributed by atoms with Gasteiger partial charge in [-0.3, -0.25) is 0 Å². The third-order valence-corrected chi connectivity index (χ3v) is 8.92. The fourth-order valence-corrected chi connectivity index (χ4v) is 7.52. The molecule has 0 atom stereocenters. The summed E-state index contributed by atoms with van der Waals surface area (Å²) in [5.74, 6) is 2.29. The van der Waals surface area contributed by atoms with Gasteiger partial charge in [-0.25, -0.2) is 0 Å². The second-order valence-electron chi connectivity index (χ2n) is 6.44. The molecule has 0 bridgehead atoms. The molecule has 0 aliphatic carbocycles. The Morgan fingerprint density at radius 2 is 1.40 bits per heavy atom. The van der Waals surface area contributed by atoms with E-state index in [9.17, 15) is 5.26 Å². The van der Waals surface area contributed by atoms with E-state index in [4.69, 9.17) is 0 Å². The highest BCUT2D eigenvalue weighted by Crippen LogP contribution is 2.52. The topological polar surface area (TPSA) is 27.0 Å². The average molecular weight is 344 g/mol. The molecule has 0 aromatic heterocycles. The molecule has 2 aliphatic heterocycles. The first-order valence-corrected chi connectivity index (χ1v) is 10.6. The summed E-state index contributed by atoms with van der Waals surface area (Å²) < 4.78 is 0. The average Bonchev–Trinajstić information content (AvgIpc) is 3.23. The van der Waals surface area contributed by atoms with Gasteiger partial charge < -0.3 is 4.90 Å². The largest absolute Gasteiger partial charge is 0.370 e. The van der Waals surface area contributed by atoms with Crippen LogP contribution in [-0.2, 0) is 0 Å². The van der Waals surface area contributed by atoms with E-state index in [0.717, 1.165) is 24.1 Å². The van der Waals surface area contributed by atoms with Gasteiger partial charge in [0.05, 0.1) is 11.0 Å². The molecule has 124 valence electrons. The summed E-state index contributed by atoms with van der Waals surface area (Å²) in [6.45, 7) is 0.0514. The van der Waals surface area contributed by atoms with Crippen LogP contribution >= 0.6 is 6.89 Å². The SMILES string of the molecule is N#CC1=P(c2ccccc2)(c2ccccc2)C=CC=C1N1CCCC1. The summed E-state index contributed by atoms with van der Waals surface area (Å²) in [6, 6.07) is 23.7. The Hall–Kier alpha value is -2.49. The predicted molar refractivity (Wildman–Crippen MR) is 108 cm³/mol. The maximum Gasteiger partial charge on any atom is 0.102 e. The molecule has 0 radical (unpaired) electrons. The third-order valence-electron chi connectivity index (χ3n) is 5.04. The van der Waals surface area contributed by atoms with Crippen molar-refractivity contribution in [1.29, 1.82) is 5.26 Å². The van der Waals surface area contributed by atoms with Gasteiger partial charge in [-0.2, -0.15) is 5.26 Å². The summed E-state index contributed by atoms with van der Waals surface area (Å²) in [7, 11) is 0. The molecule has 0 amide bonds. The van der Waals surface area contributed by atoms with Crippen LogP contribution in [0.2, 0.25) is 0 Å². The Kier molecular flexibility index (Phi) is 4.35. The van der Waals surface area contributed by atoms with Crippen molar-refractivity contribution in [2.45, 2.75) is 12.8 Å². The molecule has 25 heavy (non-hydrogen) atoms. The fourth-order valence-electron chi connectivity index (χ4n) is 3.85. The second kappa shape index (κ2) is 6.79. The molecule has 0 unspecified atom stereocenters. The van der Waals surface area contributed by atoms with Crippen molar-refractivity contribution in [3.05, 3.63) is 84.3 Å². The van der Waals surface area contributed by atoms with E-state index in [1.165, 1.54) is 23.5 Å². The Balaban J connectivity index is 2.05. The summed E-state index contributed by atoms with van der Waals surface area (Å²) in [6.07, 6.45) is 6.72. The van der Waals surface area contributed by atoms with Gasteiger partial charge in [0.1, 0.15) is 6.07 Å². The minimum absolute atomic E-state index is 0.939. The van der Waals surface area contributed by atoms with Gasteiger partial charge in [-0.05, 0) is 36.4 Å². The lowest BCUT2D eigenvalue weighted by Crippen LogP contribution is -2.30. The zero-order valence-electron chi connectivity index (χ0n) is 14.2. The molecule has 0 N–H and O–H groups in total. The van der Waals surface area contributed by atoms with Crippen molar-refractivity contribution < 1.29 is 0 Å². The molecule has 1 saturated heterocycles. The van der Waals surface area contributed by atoms with Crippen molar-refractivity contribution in [3.63, 3.8) is 0 Å². The fraction of sp³-hybridized carbons (Fsp3) is 0.182. The number of likely N-dealkylation sites (tertiary alicyclic amines) is 1. The first kappa shape index (κ1) is 16.0. The van der Waals surface area contributed by atoms with Gasteiger partial charge in [0.25, 0.3) is 0 Å². The van der Waals surface area contributed by atoms with Gasteiger partial charge >= 0.3 is 0 Å². The Labute approximate surface area is 149 Å². The van der Waals surface area contributed by atoms with Crippen LogP contribution in [0.5, 0.6) is 0 Å². The predicted octanol–water partition coefficient (Wildman–Crippen LogP) is 3.86. The van der Waals surface area contributed by atoms with E-state index >= 15 is 0 Å².